The third kappa shape index (κ3) is 7.01. The topological polar surface area (TPSA) is 79.5 Å². The maximum atomic E-state index is 12.1. The summed E-state index contributed by atoms with van der Waals surface area (Å²) >= 11 is 0. The predicted molar refractivity (Wildman–Crippen MR) is 108 cm³/mol. The summed E-state index contributed by atoms with van der Waals surface area (Å²) in [6.45, 7) is 5.43. The molecule has 0 aliphatic carbocycles. The number of rotatable bonds is 10. The molecule has 0 radical (unpaired) electrons. The number of amides is 2. The molecule has 27 heavy (non-hydrogen) atoms. The third-order valence-corrected chi connectivity index (χ3v) is 3.84. The molecule has 0 aliphatic rings. The van der Waals surface area contributed by atoms with Crippen molar-refractivity contribution in [2.24, 2.45) is 0 Å². The van der Waals surface area contributed by atoms with Gasteiger partial charge in [0.15, 0.2) is 0 Å². The first-order valence-corrected chi connectivity index (χ1v) is 9.27. The monoisotopic (exact) mass is 369 g/mol. The lowest BCUT2D eigenvalue weighted by molar-refractivity contribution is -0.114. The number of hydrogen-bond acceptors (Lipinski definition) is 4. The van der Waals surface area contributed by atoms with E-state index >= 15 is 0 Å². The lowest BCUT2D eigenvalue weighted by Crippen LogP contribution is -2.23. The van der Waals surface area contributed by atoms with E-state index in [0.717, 1.165) is 24.3 Å². The highest BCUT2D eigenvalue weighted by Crippen LogP contribution is 2.16. The van der Waals surface area contributed by atoms with Crippen LogP contribution in [0, 0.1) is 0 Å². The van der Waals surface area contributed by atoms with Crippen LogP contribution in [0.1, 0.15) is 37.0 Å². The molecule has 0 unspecified atom stereocenters. The number of unbranched alkanes of at least 4 members (excludes halogenated alkanes) is 1. The van der Waals surface area contributed by atoms with E-state index in [1.54, 1.807) is 24.3 Å². The molecule has 0 saturated carbocycles. The van der Waals surface area contributed by atoms with Crippen molar-refractivity contribution in [2.45, 2.75) is 26.7 Å². The lowest BCUT2D eigenvalue weighted by atomic mass is 10.2. The summed E-state index contributed by atoms with van der Waals surface area (Å²) < 4.78 is 5.61. The first-order chi connectivity index (χ1) is 13.1. The highest BCUT2D eigenvalue weighted by Gasteiger charge is 2.06. The average Bonchev–Trinajstić information content (AvgIpc) is 2.68. The SMILES string of the molecule is CCCCOc1ccc(NCC(=O)Nc2ccc(C(=O)NCC)cc2)cc1. The Morgan fingerprint density at radius 2 is 1.59 bits per heavy atom. The smallest absolute Gasteiger partial charge is 0.251 e. The van der Waals surface area contributed by atoms with Gasteiger partial charge in [-0.3, -0.25) is 9.59 Å². The van der Waals surface area contributed by atoms with Crippen LogP contribution in [0.2, 0.25) is 0 Å². The van der Waals surface area contributed by atoms with Gasteiger partial charge in [0.1, 0.15) is 5.75 Å². The van der Waals surface area contributed by atoms with E-state index < -0.39 is 0 Å². The Balaban J connectivity index is 1.78. The molecule has 2 amide bonds. The van der Waals surface area contributed by atoms with Crippen LogP contribution in [0.25, 0.3) is 0 Å². The number of carbonyl (C=O) groups excluding carboxylic acids is 2. The average molecular weight is 369 g/mol. The number of benzene rings is 2. The van der Waals surface area contributed by atoms with Crippen LogP contribution >= 0.6 is 0 Å². The summed E-state index contributed by atoms with van der Waals surface area (Å²) in [7, 11) is 0. The summed E-state index contributed by atoms with van der Waals surface area (Å²) in [4.78, 5) is 23.8. The van der Waals surface area contributed by atoms with Gasteiger partial charge in [-0.2, -0.15) is 0 Å². The Hall–Kier alpha value is -3.02. The van der Waals surface area contributed by atoms with Crippen molar-refractivity contribution in [1.29, 1.82) is 0 Å². The summed E-state index contributed by atoms with van der Waals surface area (Å²) in [5.41, 5.74) is 2.06. The zero-order valence-corrected chi connectivity index (χ0v) is 15.9. The molecule has 0 heterocycles. The zero-order valence-electron chi connectivity index (χ0n) is 15.9. The number of nitrogens with one attached hydrogen (secondary N) is 3. The Morgan fingerprint density at radius 3 is 2.22 bits per heavy atom. The van der Waals surface area contributed by atoms with Crippen LogP contribution in [0.3, 0.4) is 0 Å². The van der Waals surface area contributed by atoms with Crippen molar-refractivity contribution < 1.29 is 14.3 Å². The number of anilines is 2. The first kappa shape index (κ1) is 20.3. The minimum Gasteiger partial charge on any atom is -0.494 e. The molecule has 3 N–H and O–H groups in total. The quantitative estimate of drug-likeness (QED) is 0.558. The second-order valence-corrected chi connectivity index (χ2v) is 6.06. The van der Waals surface area contributed by atoms with Crippen LogP contribution in [0.4, 0.5) is 11.4 Å². The molecule has 0 aromatic heterocycles. The lowest BCUT2D eigenvalue weighted by Gasteiger charge is -2.10. The van der Waals surface area contributed by atoms with Crippen LogP contribution in [0.5, 0.6) is 5.75 Å². The van der Waals surface area contributed by atoms with Gasteiger partial charge in [0.25, 0.3) is 5.91 Å². The van der Waals surface area contributed by atoms with Gasteiger partial charge < -0.3 is 20.7 Å². The first-order valence-electron chi connectivity index (χ1n) is 9.27. The fraction of sp³-hybridized carbons (Fsp3) is 0.333. The third-order valence-electron chi connectivity index (χ3n) is 3.84. The van der Waals surface area contributed by atoms with Crippen molar-refractivity contribution in [2.75, 3.05) is 30.3 Å². The van der Waals surface area contributed by atoms with Crippen molar-refractivity contribution in [1.82, 2.24) is 5.32 Å². The summed E-state index contributed by atoms with van der Waals surface area (Å²) in [5, 5.41) is 8.61. The molecule has 0 fully saturated rings. The van der Waals surface area contributed by atoms with Crippen molar-refractivity contribution in [3.05, 3.63) is 54.1 Å². The Labute approximate surface area is 160 Å². The molecule has 0 atom stereocenters. The maximum Gasteiger partial charge on any atom is 0.251 e. The van der Waals surface area contributed by atoms with Gasteiger partial charge in [-0.05, 0) is 61.9 Å². The Bertz CT molecular complexity index is 727. The van der Waals surface area contributed by atoms with E-state index in [9.17, 15) is 9.59 Å². The zero-order chi connectivity index (χ0) is 19.5. The van der Waals surface area contributed by atoms with Gasteiger partial charge in [-0.15, -0.1) is 0 Å². The van der Waals surface area contributed by atoms with Gasteiger partial charge in [-0.25, -0.2) is 0 Å². The molecule has 2 rings (SSSR count). The molecule has 2 aromatic rings. The van der Waals surface area contributed by atoms with Crippen LogP contribution in [-0.4, -0.2) is 31.5 Å². The van der Waals surface area contributed by atoms with Crippen molar-refractivity contribution in [3.63, 3.8) is 0 Å². The van der Waals surface area contributed by atoms with Crippen LogP contribution in [0.15, 0.2) is 48.5 Å². The number of carbonyl (C=O) groups is 2. The standard InChI is InChI=1S/C21H27N3O3/c1-3-5-14-27-19-12-10-17(11-13-19)23-15-20(25)24-18-8-6-16(7-9-18)21(26)22-4-2/h6-13,23H,3-5,14-15H2,1-2H3,(H,22,26)(H,24,25). The second kappa shape index (κ2) is 10.9. The largest absolute Gasteiger partial charge is 0.494 e. The maximum absolute atomic E-state index is 12.1. The van der Waals surface area contributed by atoms with E-state index in [0.29, 0.717) is 24.4 Å². The molecular formula is C21H27N3O3. The highest BCUT2D eigenvalue weighted by atomic mass is 16.5. The molecule has 6 nitrogen and oxygen atoms in total. The highest BCUT2D eigenvalue weighted by molar-refractivity contribution is 5.96. The summed E-state index contributed by atoms with van der Waals surface area (Å²) in [6.07, 6.45) is 2.13. The van der Waals surface area contributed by atoms with E-state index in [1.165, 1.54) is 0 Å². The van der Waals surface area contributed by atoms with Crippen molar-refractivity contribution in [3.8, 4) is 5.75 Å². The van der Waals surface area contributed by atoms with Gasteiger partial charge >= 0.3 is 0 Å². The molecule has 0 spiro atoms. The predicted octanol–water partition coefficient (Wildman–Crippen LogP) is 3.67. The van der Waals surface area contributed by atoms with E-state index in [1.807, 2.05) is 31.2 Å². The normalized spacial score (nSPS) is 10.1. The van der Waals surface area contributed by atoms with Gasteiger partial charge in [0, 0.05) is 23.5 Å². The number of hydrogen-bond donors (Lipinski definition) is 3. The number of ether oxygens (including phenoxy) is 1. The summed E-state index contributed by atoms with van der Waals surface area (Å²) in [5.74, 6) is 0.536. The Kier molecular flexibility index (Phi) is 8.16. The van der Waals surface area contributed by atoms with E-state index in [2.05, 4.69) is 22.9 Å². The van der Waals surface area contributed by atoms with Crippen LogP contribution < -0.4 is 20.7 Å². The molecule has 0 saturated heterocycles. The minimum absolute atomic E-state index is 0.126. The van der Waals surface area contributed by atoms with Gasteiger partial charge in [0.2, 0.25) is 5.91 Å². The van der Waals surface area contributed by atoms with Crippen molar-refractivity contribution >= 4 is 23.2 Å². The second-order valence-electron chi connectivity index (χ2n) is 6.06. The van der Waals surface area contributed by atoms with Crippen LogP contribution in [-0.2, 0) is 4.79 Å². The van der Waals surface area contributed by atoms with Gasteiger partial charge in [-0.1, -0.05) is 13.3 Å². The van der Waals surface area contributed by atoms with E-state index in [4.69, 9.17) is 4.74 Å². The summed E-state index contributed by atoms with van der Waals surface area (Å²) in [6, 6.07) is 14.3. The van der Waals surface area contributed by atoms with E-state index in [-0.39, 0.29) is 18.4 Å². The fourth-order valence-corrected chi connectivity index (χ4v) is 2.36. The molecule has 0 bridgehead atoms. The molecule has 6 heteroatoms. The fourth-order valence-electron chi connectivity index (χ4n) is 2.36. The molecular weight excluding hydrogens is 342 g/mol. The molecule has 144 valence electrons. The minimum atomic E-state index is -0.163. The van der Waals surface area contributed by atoms with Gasteiger partial charge in [0.05, 0.1) is 13.2 Å². The molecule has 2 aromatic carbocycles. The molecule has 0 aliphatic heterocycles. The Morgan fingerprint density at radius 1 is 0.926 bits per heavy atom.